The van der Waals surface area contributed by atoms with Crippen LogP contribution in [0.3, 0.4) is 0 Å². The van der Waals surface area contributed by atoms with E-state index >= 15 is 0 Å². The fraction of sp³-hybridized carbons (Fsp3) is 0.733. The first-order valence-corrected chi connectivity index (χ1v) is 7.67. The van der Waals surface area contributed by atoms with Crippen molar-refractivity contribution in [2.75, 3.05) is 32.7 Å². The summed E-state index contributed by atoms with van der Waals surface area (Å²) in [5.41, 5.74) is 0. The van der Waals surface area contributed by atoms with Gasteiger partial charge in [-0.1, -0.05) is 5.16 Å². The van der Waals surface area contributed by atoms with Gasteiger partial charge in [0.1, 0.15) is 0 Å². The predicted octanol–water partition coefficient (Wildman–Crippen LogP) is 1.50. The summed E-state index contributed by atoms with van der Waals surface area (Å²) >= 11 is 0. The van der Waals surface area contributed by atoms with Crippen molar-refractivity contribution in [2.45, 2.75) is 32.7 Å². The fourth-order valence-electron chi connectivity index (χ4n) is 2.72. The number of aryl methyl sites for hydroxylation is 1. The highest BCUT2D eigenvalue weighted by Crippen LogP contribution is 2.20. The molecule has 2 heterocycles. The number of hydrogen-bond donors (Lipinski definition) is 0. The molecule has 1 saturated heterocycles. The first-order chi connectivity index (χ1) is 10.6. The Bertz CT molecular complexity index is 549. The molecule has 0 unspecified atom stereocenters. The molecule has 0 spiro atoms. The van der Waals surface area contributed by atoms with Crippen LogP contribution in [-0.2, 0) is 0 Å². The van der Waals surface area contributed by atoms with Crippen molar-refractivity contribution in [1.29, 1.82) is 10.5 Å². The molecule has 1 fully saturated rings. The summed E-state index contributed by atoms with van der Waals surface area (Å²) in [7, 11) is 0. The van der Waals surface area contributed by atoms with Crippen LogP contribution in [0.1, 0.15) is 37.5 Å². The van der Waals surface area contributed by atoms with Crippen LogP contribution in [0.2, 0.25) is 0 Å². The van der Waals surface area contributed by atoms with Crippen molar-refractivity contribution < 1.29 is 4.52 Å². The van der Waals surface area contributed by atoms with Crippen molar-refractivity contribution in [3.63, 3.8) is 0 Å². The highest BCUT2D eigenvalue weighted by molar-refractivity contribution is 4.93. The van der Waals surface area contributed by atoms with Gasteiger partial charge in [-0.05, 0) is 20.3 Å². The summed E-state index contributed by atoms with van der Waals surface area (Å²) in [6, 6.07) is 4.54. The van der Waals surface area contributed by atoms with Crippen molar-refractivity contribution in [3.8, 4) is 12.1 Å². The van der Waals surface area contributed by atoms with E-state index in [9.17, 15) is 0 Å². The van der Waals surface area contributed by atoms with Crippen molar-refractivity contribution in [1.82, 2.24) is 19.9 Å². The third-order valence-electron chi connectivity index (χ3n) is 4.12. The first kappa shape index (κ1) is 16.4. The third kappa shape index (κ3) is 4.27. The lowest BCUT2D eigenvalue weighted by Gasteiger charge is -2.37. The van der Waals surface area contributed by atoms with Gasteiger partial charge in [0.2, 0.25) is 5.89 Å². The van der Waals surface area contributed by atoms with Gasteiger partial charge in [0.25, 0.3) is 0 Å². The van der Waals surface area contributed by atoms with Crippen molar-refractivity contribution in [2.24, 2.45) is 5.92 Å². The van der Waals surface area contributed by atoms with E-state index in [0.29, 0.717) is 24.6 Å². The summed E-state index contributed by atoms with van der Waals surface area (Å²) in [6.07, 6.45) is 1.11. The second kappa shape index (κ2) is 7.88. The molecule has 0 saturated carbocycles. The van der Waals surface area contributed by atoms with Crippen molar-refractivity contribution in [3.05, 3.63) is 11.7 Å². The zero-order valence-corrected chi connectivity index (χ0v) is 13.2. The summed E-state index contributed by atoms with van der Waals surface area (Å²) in [6.45, 7) is 8.32. The SMILES string of the molecule is Cc1noc([C@@H](C)N2CCN(C[C@H](C#N)CCC#N)CC2)n1. The Hall–Kier alpha value is -1.96. The van der Waals surface area contributed by atoms with E-state index in [1.54, 1.807) is 0 Å². The van der Waals surface area contributed by atoms with E-state index in [1.165, 1.54) is 0 Å². The van der Waals surface area contributed by atoms with Gasteiger partial charge in [-0.3, -0.25) is 9.80 Å². The van der Waals surface area contributed by atoms with Gasteiger partial charge < -0.3 is 4.52 Å². The topological polar surface area (TPSA) is 93.0 Å². The average Bonchev–Trinajstić information content (AvgIpc) is 2.98. The Labute approximate surface area is 131 Å². The Kier molecular flexibility index (Phi) is 5.88. The molecule has 1 aromatic rings. The van der Waals surface area contributed by atoms with E-state index in [2.05, 4.69) is 39.0 Å². The minimum Gasteiger partial charge on any atom is -0.338 e. The molecule has 0 radical (unpaired) electrons. The number of hydrogen-bond acceptors (Lipinski definition) is 7. The molecule has 22 heavy (non-hydrogen) atoms. The van der Waals surface area contributed by atoms with Gasteiger partial charge in [-0.25, -0.2) is 0 Å². The molecule has 0 bridgehead atoms. The Morgan fingerprint density at radius 2 is 2.00 bits per heavy atom. The minimum atomic E-state index is -0.0535. The molecule has 118 valence electrons. The highest BCUT2D eigenvalue weighted by Gasteiger charge is 2.26. The van der Waals surface area contributed by atoms with E-state index in [4.69, 9.17) is 15.0 Å². The Morgan fingerprint density at radius 3 is 2.55 bits per heavy atom. The number of rotatable bonds is 6. The molecule has 1 aliphatic rings. The monoisotopic (exact) mass is 302 g/mol. The van der Waals surface area contributed by atoms with Crippen LogP contribution in [-0.4, -0.2) is 52.7 Å². The zero-order valence-electron chi connectivity index (χ0n) is 13.2. The summed E-state index contributed by atoms with van der Waals surface area (Å²) in [5.74, 6) is 1.27. The van der Waals surface area contributed by atoms with Gasteiger partial charge in [-0.2, -0.15) is 15.5 Å². The predicted molar refractivity (Wildman–Crippen MR) is 79.4 cm³/mol. The van der Waals surface area contributed by atoms with Crippen LogP contribution < -0.4 is 0 Å². The molecule has 0 aliphatic carbocycles. The van der Waals surface area contributed by atoms with E-state index < -0.39 is 0 Å². The van der Waals surface area contributed by atoms with Gasteiger partial charge in [0.05, 0.1) is 24.1 Å². The maximum atomic E-state index is 9.15. The number of aromatic nitrogens is 2. The van der Waals surface area contributed by atoms with Crippen LogP contribution in [0.15, 0.2) is 4.52 Å². The van der Waals surface area contributed by atoms with Crippen molar-refractivity contribution >= 4 is 0 Å². The molecule has 7 heteroatoms. The van der Waals surface area contributed by atoms with Crippen LogP contribution in [0.25, 0.3) is 0 Å². The Balaban J connectivity index is 1.80. The lowest BCUT2D eigenvalue weighted by atomic mass is 10.0. The van der Waals surface area contributed by atoms with Gasteiger partial charge in [0.15, 0.2) is 5.82 Å². The molecule has 2 rings (SSSR count). The molecule has 1 aliphatic heterocycles. The summed E-state index contributed by atoms with van der Waals surface area (Å²) in [4.78, 5) is 8.91. The maximum absolute atomic E-state index is 9.15. The molecular formula is C15H22N6O. The number of piperazine rings is 1. The molecule has 7 nitrogen and oxygen atoms in total. The van der Waals surface area contributed by atoms with E-state index in [1.807, 2.05) is 6.92 Å². The minimum absolute atomic E-state index is 0.0535. The molecule has 0 aromatic carbocycles. The van der Waals surface area contributed by atoms with E-state index in [-0.39, 0.29) is 12.0 Å². The molecule has 0 N–H and O–H groups in total. The first-order valence-electron chi connectivity index (χ1n) is 7.67. The van der Waals surface area contributed by atoms with E-state index in [0.717, 1.165) is 32.7 Å². The quantitative estimate of drug-likeness (QED) is 0.786. The van der Waals surface area contributed by atoms with Crippen LogP contribution >= 0.6 is 0 Å². The van der Waals surface area contributed by atoms with Crippen LogP contribution in [0.4, 0.5) is 0 Å². The zero-order chi connectivity index (χ0) is 15.9. The molecule has 0 amide bonds. The lowest BCUT2D eigenvalue weighted by molar-refractivity contribution is 0.0828. The molecule has 1 aromatic heterocycles. The largest absolute Gasteiger partial charge is 0.338 e. The maximum Gasteiger partial charge on any atom is 0.243 e. The Morgan fingerprint density at radius 1 is 1.27 bits per heavy atom. The van der Waals surface area contributed by atoms with Crippen LogP contribution in [0, 0.1) is 35.5 Å². The smallest absolute Gasteiger partial charge is 0.243 e. The molecule has 2 atom stereocenters. The lowest BCUT2D eigenvalue weighted by Crippen LogP contribution is -2.48. The normalized spacial score (nSPS) is 19.3. The second-order valence-corrected chi connectivity index (χ2v) is 5.72. The van der Waals surface area contributed by atoms with Gasteiger partial charge in [0, 0.05) is 39.1 Å². The standard InChI is InChI=1S/C15H22N6O/c1-12(15-18-13(2)19-22-15)21-8-6-20(7-9-21)11-14(10-17)4-3-5-16/h12,14H,3-4,6-9,11H2,1-2H3/t12-,14+/m1/s1. The average molecular weight is 302 g/mol. The summed E-state index contributed by atoms with van der Waals surface area (Å²) in [5, 5.41) is 21.6. The fourth-order valence-corrected chi connectivity index (χ4v) is 2.72. The summed E-state index contributed by atoms with van der Waals surface area (Å²) < 4.78 is 5.24. The molecular weight excluding hydrogens is 280 g/mol. The third-order valence-corrected chi connectivity index (χ3v) is 4.12. The number of nitriles is 2. The van der Waals surface area contributed by atoms with Crippen LogP contribution in [0.5, 0.6) is 0 Å². The second-order valence-electron chi connectivity index (χ2n) is 5.72. The number of nitrogens with zero attached hydrogens (tertiary/aromatic N) is 6. The van der Waals surface area contributed by atoms with Gasteiger partial charge >= 0.3 is 0 Å². The highest BCUT2D eigenvalue weighted by atomic mass is 16.5. The van der Waals surface area contributed by atoms with Gasteiger partial charge in [-0.15, -0.1) is 0 Å².